The van der Waals surface area contributed by atoms with Crippen molar-refractivity contribution in [2.24, 2.45) is 5.92 Å². The van der Waals surface area contributed by atoms with Gasteiger partial charge in [0.1, 0.15) is 0 Å². The SMILES string of the molecule is Cc1cccc(NC(=O)CN2CCN(C(=O)C3CCNC3)CC2)c1C. The van der Waals surface area contributed by atoms with Crippen LogP contribution in [0, 0.1) is 19.8 Å². The molecule has 2 heterocycles. The Morgan fingerprint density at radius 1 is 1.20 bits per heavy atom. The number of carbonyl (C=O) groups is 2. The molecule has 2 aliphatic heterocycles. The van der Waals surface area contributed by atoms with Gasteiger partial charge in [0.25, 0.3) is 0 Å². The van der Waals surface area contributed by atoms with E-state index in [1.807, 2.05) is 36.9 Å². The Hall–Kier alpha value is -1.92. The molecule has 0 radical (unpaired) electrons. The molecule has 2 saturated heterocycles. The fourth-order valence-electron chi connectivity index (χ4n) is 3.53. The lowest BCUT2D eigenvalue weighted by Crippen LogP contribution is -2.52. The molecule has 2 N–H and O–H groups in total. The summed E-state index contributed by atoms with van der Waals surface area (Å²) in [7, 11) is 0. The number of anilines is 1. The molecule has 25 heavy (non-hydrogen) atoms. The molecule has 1 aromatic carbocycles. The van der Waals surface area contributed by atoms with E-state index in [4.69, 9.17) is 0 Å². The maximum Gasteiger partial charge on any atom is 0.238 e. The number of piperazine rings is 1. The highest BCUT2D eigenvalue weighted by atomic mass is 16.2. The minimum absolute atomic E-state index is 0.00784. The van der Waals surface area contributed by atoms with Crippen molar-refractivity contribution in [2.45, 2.75) is 20.3 Å². The minimum Gasteiger partial charge on any atom is -0.340 e. The normalized spacial score (nSPS) is 21.4. The van der Waals surface area contributed by atoms with Crippen molar-refractivity contribution in [1.82, 2.24) is 15.1 Å². The van der Waals surface area contributed by atoms with Gasteiger partial charge >= 0.3 is 0 Å². The van der Waals surface area contributed by atoms with Crippen molar-refractivity contribution in [1.29, 1.82) is 0 Å². The Morgan fingerprint density at radius 3 is 2.64 bits per heavy atom. The van der Waals surface area contributed by atoms with Crippen LogP contribution in [0.15, 0.2) is 18.2 Å². The molecular weight excluding hydrogens is 316 g/mol. The van der Waals surface area contributed by atoms with Gasteiger partial charge in [-0.25, -0.2) is 0 Å². The van der Waals surface area contributed by atoms with E-state index in [-0.39, 0.29) is 17.7 Å². The molecule has 0 spiro atoms. The van der Waals surface area contributed by atoms with Gasteiger partial charge in [0.2, 0.25) is 11.8 Å². The standard InChI is InChI=1S/C19H28N4O2/c1-14-4-3-5-17(15(14)2)21-18(24)13-22-8-10-23(11-9-22)19(25)16-6-7-20-12-16/h3-5,16,20H,6-13H2,1-2H3,(H,21,24). The summed E-state index contributed by atoms with van der Waals surface area (Å²) in [4.78, 5) is 28.8. The Kier molecular flexibility index (Phi) is 5.71. The van der Waals surface area contributed by atoms with Crippen molar-refractivity contribution in [3.8, 4) is 0 Å². The maximum atomic E-state index is 12.4. The van der Waals surface area contributed by atoms with Crippen LogP contribution in [0.5, 0.6) is 0 Å². The fourth-order valence-corrected chi connectivity index (χ4v) is 3.53. The van der Waals surface area contributed by atoms with Crippen LogP contribution in [-0.4, -0.2) is 67.4 Å². The molecule has 2 amide bonds. The summed E-state index contributed by atoms with van der Waals surface area (Å²) in [6.45, 7) is 9.12. The van der Waals surface area contributed by atoms with Gasteiger partial charge in [0.15, 0.2) is 0 Å². The van der Waals surface area contributed by atoms with Crippen molar-refractivity contribution in [2.75, 3.05) is 51.1 Å². The second-order valence-corrected chi connectivity index (χ2v) is 7.09. The molecule has 2 aliphatic rings. The maximum absolute atomic E-state index is 12.4. The summed E-state index contributed by atoms with van der Waals surface area (Å²) < 4.78 is 0. The van der Waals surface area contributed by atoms with Gasteiger partial charge in [0, 0.05) is 38.4 Å². The number of nitrogens with one attached hydrogen (secondary N) is 2. The average Bonchev–Trinajstić information content (AvgIpc) is 3.13. The van der Waals surface area contributed by atoms with Crippen LogP contribution >= 0.6 is 0 Å². The minimum atomic E-state index is 0.00784. The Morgan fingerprint density at radius 2 is 1.96 bits per heavy atom. The predicted octanol–water partition coefficient (Wildman–Crippen LogP) is 0.996. The molecule has 0 aromatic heterocycles. The topological polar surface area (TPSA) is 64.7 Å². The molecule has 0 saturated carbocycles. The van der Waals surface area contributed by atoms with Gasteiger partial charge in [0.05, 0.1) is 12.5 Å². The molecule has 2 fully saturated rings. The number of rotatable bonds is 4. The van der Waals surface area contributed by atoms with Gasteiger partial charge < -0.3 is 15.5 Å². The van der Waals surface area contributed by atoms with Crippen LogP contribution in [0.1, 0.15) is 17.5 Å². The van der Waals surface area contributed by atoms with Crippen LogP contribution in [0.4, 0.5) is 5.69 Å². The zero-order valence-corrected chi connectivity index (χ0v) is 15.2. The number of hydrogen-bond donors (Lipinski definition) is 2. The molecule has 0 bridgehead atoms. The van der Waals surface area contributed by atoms with Crippen LogP contribution < -0.4 is 10.6 Å². The summed E-state index contributed by atoms with van der Waals surface area (Å²) in [5.74, 6) is 0.414. The molecule has 136 valence electrons. The van der Waals surface area contributed by atoms with Crippen molar-refractivity contribution in [3.63, 3.8) is 0 Å². The zero-order valence-electron chi connectivity index (χ0n) is 15.2. The first-order chi connectivity index (χ1) is 12.0. The molecule has 1 aromatic rings. The van der Waals surface area contributed by atoms with Crippen LogP contribution in [0.2, 0.25) is 0 Å². The third kappa shape index (κ3) is 4.38. The number of benzene rings is 1. The van der Waals surface area contributed by atoms with E-state index in [9.17, 15) is 9.59 Å². The van der Waals surface area contributed by atoms with Gasteiger partial charge in [-0.15, -0.1) is 0 Å². The molecular formula is C19H28N4O2. The highest BCUT2D eigenvalue weighted by Gasteiger charge is 2.29. The molecule has 1 unspecified atom stereocenters. The third-order valence-corrected chi connectivity index (χ3v) is 5.34. The van der Waals surface area contributed by atoms with Crippen LogP contribution in [-0.2, 0) is 9.59 Å². The van der Waals surface area contributed by atoms with E-state index in [0.717, 1.165) is 43.9 Å². The monoisotopic (exact) mass is 344 g/mol. The first kappa shape index (κ1) is 17.9. The number of carbonyl (C=O) groups excluding carboxylic acids is 2. The number of hydrogen-bond acceptors (Lipinski definition) is 4. The van der Waals surface area contributed by atoms with Crippen molar-refractivity contribution < 1.29 is 9.59 Å². The van der Waals surface area contributed by atoms with E-state index in [1.165, 1.54) is 5.56 Å². The summed E-state index contributed by atoms with van der Waals surface area (Å²) in [6, 6.07) is 5.94. The summed E-state index contributed by atoms with van der Waals surface area (Å²) in [6.07, 6.45) is 0.942. The molecule has 6 nitrogen and oxygen atoms in total. The average molecular weight is 344 g/mol. The van der Waals surface area contributed by atoms with E-state index in [2.05, 4.69) is 15.5 Å². The van der Waals surface area contributed by atoms with Crippen molar-refractivity contribution in [3.05, 3.63) is 29.3 Å². The lowest BCUT2D eigenvalue weighted by atomic mass is 10.1. The molecule has 1 atom stereocenters. The third-order valence-electron chi connectivity index (χ3n) is 5.34. The summed E-state index contributed by atoms with van der Waals surface area (Å²) >= 11 is 0. The number of nitrogens with zero attached hydrogens (tertiary/aromatic N) is 2. The molecule has 3 rings (SSSR count). The Bertz CT molecular complexity index is 632. The lowest BCUT2D eigenvalue weighted by molar-refractivity contribution is -0.136. The zero-order chi connectivity index (χ0) is 17.8. The van der Waals surface area contributed by atoms with Gasteiger partial charge in [-0.1, -0.05) is 12.1 Å². The largest absolute Gasteiger partial charge is 0.340 e. The number of aryl methyl sites for hydroxylation is 1. The van der Waals surface area contributed by atoms with E-state index in [0.29, 0.717) is 19.6 Å². The van der Waals surface area contributed by atoms with Gasteiger partial charge in [-0.05, 0) is 44.0 Å². The smallest absolute Gasteiger partial charge is 0.238 e. The van der Waals surface area contributed by atoms with Gasteiger partial charge in [-0.3, -0.25) is 14.5 Å². The first-order valence-electron chi connectivity index (χ1n) is 9.12. The van der Waals surface area contributed by atoms with Gasteiger partial charge in [-0.2, -0.15) is 0 Å². The second kappa shape index (κ2) is 7.97. The van der Waals surface area contributed by atoms with E-state index in [1.54, 1.807) is 0 Å². The first-order valence-corrected chi connectivity index (χ1v) is 9.12. The Balaban J connectivity index is 1.46. The molecule has 6 heteroatoms. The second-order valence-electron chi connectivity index (χ2n) is 7.09. The van der Waals surface area contributed by atoms with Crippen LogP contribution in [0.25, 0.3) is 0 Å². The Labute approximate surface area is 149 Å². The highest BCUT2D eigenvalue weighted by Crippen LogP contribution is 2.18. The lowest BCUT2D eigenvalue weighted by Gasteiger charge is -2.35. The quantitative estimate of drug-likeness (QED) is 0.855. The van der Waals surface area contributed by atoms with E-state index < -0.39 is 0 Å². The summed E-state index contributed by atoms with van der Waals surface area (Å²) in [5.41, 5.74) is 3.16. The van der Waals surface area contributed by atoms with Crippen molar-refractivity contribution >= 4 is 17.5 Å². The molecule has 0 aliphatic carbocycles. The highest BCUT2D eigenvalue weighted by molar-refractivity contribution is 5.93. The number of amides is 2. The summed E-state index contributed by atoms with van der Waals surface area (Å²) in [5, 5.41) is 6.26. The predicted molar refractivity (Wildman–Crippen MR) is 98.5 cm³/mol. The van der Waals surface area contributed by atoms with E-state index >= 15 is 0 Å². The van der Waals surface area contributed by atoms with Crippen LogP contribution in [0.3, 0.4) is 0 Å². The fraction of sp³-hybridized carbons (Fsp3) is 0.579.